The third-order valence-corrected chi connectivity index (χ3v) is 4.55. The number of nitrogens with one attached hydrogen (secondary N) is 2. The lowest BCUT2D eigenvalue weighted by molar-refractivity contribution is -0.117. The first kappa shape index (κ1) is 18.2. The number of aromatic nitrogens is 2. The Hall–Kier alpha value is -2.61. The second-order valence-electron chi connectivity index (χ2n) is 6.78. The maximum atomic E-state index is 12.3. The monoisotopic (exact) mass is 359 g/mol. The van der Waals surface area contributed by atoms with E-state index in [1.807, 2.05) is 14.0 Å². The van der Waals surface area contributed by atoms with Crippen LogP contribution in [0.5, 0.6) is 0 Å². The fourth-order valence-electron chi connectivity index (χ4n) is 3.31. The molecule has 3 heterocycles. The van der Waals surface area contributed by atoms with Gasteiger partial charge in [-0.05, 0) is 44.4 Å². The summed E-state index contributed by atoms with van der Waals surface area (Å²) >= 11 is 0. The Bertz CT molecular complexity index is 753. The zero-order valence-electron chi connectivity index (χ0n) is 15.2. The maximum Gasteiger partial charge on any atom is 0.286 e. The van der Waals surface area contributed by atoms with E-state index in [0.29, 0.717) is 24.8 Å². The van der Waals surface area contributed by atoms with Crippen LogP contribution in [-0.4, -0.2) is 52.7 Å². The van der Waals surface area contributed by atoms with E-state index in [9.17, 15) is 9.59 Å². The van der Waals surface area contributed by atoms with Crippen LogP contribution in [-0.2, 0) is 11.8 Å². The molecule has 0 spiro atoms. The summed E-state index contributed by atoms with van der Waals surface area (Å²) in [6.45, 7) is 4.48. The van der Waals surface area contributed by atoms with Crippen molar-refractivity contribution in [1.29, 1.82) is 0 Å². The predicted molar refractivity (Wildman–Crippen MR) is 96.8 cm³/mol. The van der Waals surface area contributed by atoms with Gasteiger partial charge in [0.05, 0.1) is 24.2 Å². The summed E-state index contributed by atoms with van der Waals surface area (Å²) in [5.74, 6) is 0.415. The van der Waals surface area contributed by atoms with Crippen LogP contribution in [0.1, 0.15) is 29.1 Å². The second kappa shape index (κ2) is 8.18. The number of hydrogen-bond donors (Lipinski definition) is 2. The highest BCUT2D eigenvalue weighted by Gasteiger charge is 2.23. The van der Waals surface area contributed by atoms with Gasteiger partial charge in [-0.3, -0.25) is 19.2 Å². The Morgan fingerprint density at radius 2 is 2.27 bits per heavy atom. The normalized spacial score (nSPS) is 17.8. The van der Waals surface area contributed by atoms with Crippen LogP contribution in [0.15, 0.2) is 29.0 Å². The number of carbonyl (C=O) groups excluding carboxylic acids is 2. The average molecular weight is 359 g/mol. The highest BCUT2D eigenvalue weighted by Crippen LogP contribution is 2.17. The van der Waals surface area contributed by atoms with Crippen molar-refractivity contribution in [2.24, 2.45) is 13.0 Å². The first-order valence-electron chi connectivity index (χ1n) is 8.85. The van der Waals surface area contributed by atoms with Crippen molar-refractivity contribution < 1.29 is 14.0 Å². The Morgan fingerprint density at radius 3 is 2.96 bits per heavy atom. The van der Waals surface area contributed by atoms with E-state index >= 15 is 0 Å². The number of likely N-dealkylation sites (tertiary alicyclic amines) is 1. The van der Waals surface area contributed by atoms with Crippen molar-refractivity contribution in [3.8, 4) is 0 Å². The molecule has 0 bridgehead atoms. The van der Waals surface area contributed by atoms with Crippen LogP contribution in [0, 0.1) is 12.8 Å². The first-order valence-corrected chi connectivity index (χ1v) is 8.85. The number of furan rings is 1. The molecule has 2 amide bonds. The van der Waals surface area contributed by atoms with Gasteiger partial charge in [-0.15, -0.1) is 0 Å². The molecular formula is C18H25N5O3. The van der Waals surface area contributed by atoms with Crippen molar-refractivity contribution in [1.82, 2.24) is 20.0 Å². The number of rotatable bonds is 6. The molecule has 0 radical (unpaired) electrons. The summed E-state index contributed by atoms with van der Waals surface area (Å²) in [5.41, 5.74) is 1.55. The van der Waals surface area contributed by atoms with Gasteiger partial charge in [0.25, 0.3) is 5.91 Å². The van der Waals surface area contributed by atoms with E-state index in [1.165, 1.54) is 6.26 Å². The molecule has 0 aliphatic carbocycles. The van der Waals surface area contributed by atoms with Gasteiger partial charge >= 0.3 is 0 Å². The number of piperidine rings is 1. The quantitative estimate of drug-likeness (QED) is 0.813. The summed E-state index contributed by atoms with van der Waals surface area (Å²) < 4.78 is 6.78. The minimum atomic E-state index is -0.197. The Kier molecular flexibility index (Phi) is 5.72. The molecule has 1 atom stereocenters. The van der Waals surface area contributed by atoms with Crippen LogP contribution < -0.4 is 10.6 Å². The fraction of sp³-hybridized carbons (Fsp3) is 0.500. The summed E-state index contributed by atoms with van der Waals surface area (Å²) in [4.78, 5) is 26.4. The Labute approximate surface area is 152 Å². The van der Waals surface area contributed by atoms with Crippen molar-refractivity contribution in [2.75, 3.05) is 31.5 Å². The van der Waals surface area contributed by atoms with E-state index in [2.05, 4.69) is 20.6 Å². The Balaban J connectivity index is 1.45. The van der Waals surface area contributed by atoms with Gasteiger partial charge < -0.3 is 15.1 Å². The average Bonchev–Trinajstić information content (AvgIpc) is 3.23. The number of aryl methyl sites for hydroxylation is 2. The van der Waals surface area contributed by atoms with Crippen molar-refractivity contribution in [3.05, 3.63) is 36.0 Å². The number of nitrogens with zero attached hydrogens (tertiary/aromatic N) is 3. The van der Waals surface area contributed by atoms with Gasteiger partial charge in [0, 0.05) is 26.3 Å². The number of hydrogen-bond acceptors (Lipinski definition) is 5. The molecule has 2 aromatic heterocycles. The highest BCUT2D eigenvalue weighted by atomic mass is 16.3. The zero-order valence-corrected chi connectivity index (χ0v) is 15.2. The third-order valence-electron chi connectivity index (χ3n) is 4.55. The molecule has 0 saturated carbocycles. The van der Waals surface area contributed by atoms with Crippen molar-refractivity contribution >= 4 is 17.5 Å². The smallest absolute Gasteiger partial charge is 0.286 e. The molecule has 2 N–H and O–H groups in total. The van der Waals surface area contributed by atoms with Crippen LogP contribution in [0.25, 0.3) is 0 Å². The summed E-state index contributed by atoms with van der Waals surface area (Å²) in [6, 6.07) is 3.34. The molecule has 1 fully saturated rings. The summed E-state index contributed by atoms with van der Waals surface area (Å²) in [5, 5.41) is 10.0. The molecule has 2 aromatic rings. The van der Waals surface area contributed by atoms with Crippen LogP contribution >= 0.6 is 0 Å². The van der Waals surface area contributed by atoms with Gasteiger partial charge in [-0.2, -0.15) is 5.10 Å². The predicted octanol–water partition coefficient (Wildman–Crippen LogP) is 1.40. The van der Waals surface area contributed by atoms with Gasteiger partial charge in [0.1, 0.15) is 0 Å². The number of anilines is 1. The second-order valence-corrected chi connectivity index (χ2v) is 6.78. The molecule has 8 heteroatoms. The van der Waals surface area contributed by atoms with E-state index in [-0.39, 0.29) is 11.8 Å². The molecule has 0 aromatic carbocycles. The minimum absolute atomic E-state index is 0.0404. The molecule has 26 heavy (non-hydrogen) atoms. The molecule has 140 valence electrons. The molecule has 8 nitrogen and oxygen atoms in total. The summed E-state index contributed by atoms with van der Waals surface area (Å²) in [7, 11) is 1.83. The third kappa shape index (κ3) is 4.72. The SMILES string of the molecule is Cc1nn(C)cc1NC(=O)CN1CCC[C@H](CNC(=O)c2ccco2)C1. The molecule has 3 rings (SSSR count). The van der Waals surface area contributed by atoms with Crippen molar-refractivity contribution in [3.63, 3.8) is 0 Å². The topological polar surface area (TPSA) is 92.4 Å². The fourth-order valence-corrected chi connectivity index (χ4v) is 3.31. The van der Waals surface area contributed by atoms with E-state index in [4.69, 9.17) is 4.42 Å². The van der Waals surface area contributed by atoms with Gasteiger partial charge in [-0.25, -0.2) is 0 Å². The van der Waals surface area contributed by atoms with Gasteiger partial charge in [-0.1, -0.05) is 0 Å². The van der Waals surface area contributed by atoms with Crippen LogP contribution in [0.3, 0.4) is 0 Å². The molecule has 1 saturated heterocycles. The van der Waals surface area contributed by atoms with Gasteiger partial charge in [0.2, 0.25) is 5.91 Å². The lowest BCUT2D eigenvalue weighted by Crippen LogP contribution is -2.43. The first-order chi connectivity index (χ1) is 12.5. The van der Waals surface area contributed by atoms with E-state index in [1.54, 1.807) is 23.0 Å². The Morgan fingerprint density at radius 1 is 1.42 bits per heavy atom. The lowest BCUT2D eigenvalue weighted by atomic mass is 9.98. The molecule has 1 aliphatic heterocycles. The highest BCUT2D eigenvalue weighted by molar-refractivity contribution is 5.92. The van der Waals surface area contributed by atoms with Crippen LogP contribution in [0.2, 0.25) is 0 Å². The zero-order chi connectivity index (χ0) is 18.5. The lowest BCUT2D eigenvalue weighted by Gasteiger charge is -2.32. The minimum Gasteiger partial charge on any atom is -0.459 e. The largest absolute Gasteiger partial charge is 0.459 e. The number of carbonyl (C=O) groups is 2. The molecular weight excluding hydrogens is 334 g/mol. The van der Waals surface area contributed by atoms with Crippen molar-refractivity contribution in [2.45, 2.75) is 19.8 Å². The molecule has 0 unspecified atom stereocenters. The maximum absolute atomic E-state index is 12.3. The van der Waals surface area contributed by atoms with E-state index in [0.717, 1.165) is 37.3 Å². The standard InChI is InChI=1S/C18H25N5O3/c1-13-15(11-22(2)21-13)20-17(24)12-23-7-3-5-14(10-23)9-19-18(25)16-6-4-8-26-16/h4,6,8,11,14H,3,5,7,9-10,12H2,1-2H3,(H,19,25)(H,20,24)/t14-/m1/s1. The summed E-state index contributed by atoms with van der Waals surface area (Å²) in [6.07, 6.45) is 5.34. The van der Waals surface area contributed by atoms with E-state index < -0.39 is 0 Å². The van der Waals surface area contributed by atoms with Gasteiger partial charge in [0.15, 0.2) is 5.76 Å². The molecule has 1 aliphatic rings. The van der Waals surface area contributed by atoms with Crippen LogP contribution in [0.4, 0.5) is 5.69 Å². The number of amides is 2.